The number of hydrogen-bond donors (Lipinski definition) is 0. The summed E-state index contributed by atoms with van der Waals surface area (Å²) in [5.41, 5.74) is 1.26. The number of halogens is 1. The molecule has 2 heterocycles. The van der Waals surface area contributed by atoms with E-state index in [4.69, 9.17) is 0 Å². The second kappa shape index (κ2) is 5.36. The van der Waals surface area contributed by atoms with E-state index in [0.29, 0.717) is 6.04 Å². The molecule has 1 aromatic rings. The second-order valence-corrected chi connectivity index (χ2v) is 5.90. The maximum atomic E-state index is 4.54. The highest BCUT2D eigenvalue weighted by atomic mass is 79.9. The van der Waals surface area contributed by atoms with Crippen LogP contribution < -0.4 is 4.90 Å². The Morgan fingerprint density at radius 3 is 2.94 bits per heavy atom. The van der Waals surface area contributed by atoms with E-state index in [0.717, 1.165) is 23.4 Å². The Balaban J connectivity index is 2.17. The van der Waals surface area contributed by atoms with Gasteiger partial charge in [-0.2, -0.15) is 0 Å². The molecule has 0 aromatic carbocycles. The molecule has 3 nitrogen and oxygen atoms in total. The fraction of sp³-hybridized carbons (Fsp3) is 0.615. The van der Waals surface area contributed by atoms with E-state index in [-0.39, 0.29) is 0 Å². The zero-order valence-corrected chi connectivity index (χ0v) is 12.4. The fourth-order valence-electron chi connectivity index (χ4n) is 2.43. The first-order valence-electron chi connectivity index (χ1n) is 6.11. The molecule has 1 aliphatic heterocycles. The molecule has 0 aliphatic carbocycles. The Labute approximate surface area is 112 Å². The minimum Gasteiger partial charge on any atom is -0.352 e. The molecule has 0 saturated carbocycles. The summed E-state index contributed by atoms with van der Waals surface area (Å²) in [5, 5.41) is 0. The lowest BCUT2D eigenvalue weighted by molar-refractivity contribution is 0.371. The van der Waals surface area contributed by atoms with Gasteiger partial charge >= 0.3 is 0 Å². The van der Waals surface area contributed by atoms with Crippen LogP contribution in [0.2, 0.25) is 0 Å². The van der Waals surface area contributed by atoms with Crippen LogP contribution in [0.15, 0.2) is 16.7 Å². The van der Waals surface area contributed by atoms with Crippen molar-refractivity contribution < 1.29 is 0 Å². The highest BCUT2D eigenvalue weighted by molar-refractivity contribution is 9.10. The Morgan fingerprint density at radius 1 is 1.53 bits per heavy atom. The zero-order chi connectivity index (χ0) is 12.4. The summed E-state index contributed by atoms with van der Waals surface area (Å²) in [4.78, 5) is 9.24. The summed E-state index contributed by atoms with van der Waals surface area (Å²) in [7, 11) is 4.27. The molecule has 0 amide bonds. The van der Waals surface area contributed by atoms with Gasteiger partial charge in [-0.3, -0.25) is 0 Å². The zero-order valence-electron chi connectivity index (χ0n) is 10.8. The minimum atomic E-state index is 0.609. The molecule has 1 aromatic heterocycles. The van der Waals surface area contributed by atoms with Gasteiger partial charge in [0, 0.05) is 29.8 Å². The van der Waals surface area contributed by atoms with Gasteiger partial charge < -0.3 is 9.80 Å². The summed E-state index contributed by atoms with van der Waals surface area (Å²) < 4.78 is 1.09. The van der Waals surface area contributed by atoms with Gasteiger partial charge in [-0.15, -0.1) is 0 Å². The quantitative estimate of drug-likeness (QED) is 0.855. The van der Waals surface area contributed by atoms with Crippen molar-refractivity contribution in [2.45, 2.75) is 25.8 Å². The number of aryl methyl sites for hydroxylation is 1. The highest BCUT2D eigenvalue weighted by Gasteiger charge is 2.26. The second-order valence-electron chi connectivity index (χ2n) is 5.04. The van der Waals surface area contributed by atoms with Crippen molar-refractivity contribution in [2.24, 2.45) is 0 Å². The SMILES string of the molecule is Cc1cc(N2CCCC2CN(C)C)ncc1Br. The molecule has 1 aliphatic rings. The number of rotatable bonds is 3. The van der Waals surface area contributed by atoms with Gasteiger partial charge in [-0.25, -0.2) is 4.98 Å². The number of hydrogen-bond acceptors (Lipinski definition) is 3. The van der Waals surface area contributed by atoms with Gasteiger partial charge in [0.05, 0.1) is 0 Å². The van der Waals surface area contributed by atoms with Gasteiger partial charge in [-0.05, 0) is 61.4 Å². The summed E-state index contributed by atoms with van der Waals surface area (Å²) in [6.45, 7) is 4.36. The third-order valence-electron chi connectivity index (χ3n) is 3.28. The molecule has 0 bridgehead atoms. The number of anilines is 1. The molecule has 0 spiro atoms. The average molecular weight is 298 g/mol. The molecule has 4 heteroatoms. The Bertz CT molecular complexity index is 392. The maximum Gasteiger partial charge on any atom is 0.129 e. The van der Waals surface area contributed by atoms with E-state index in [2.05, 4.69) is 57.8 Å². The van der Waals surface area contributed by atoms with Gasteiger partial charge in [0.15, 0.2) is 0 Å². The molecule has 1 atom stereocenters. The lowest BCUT2D eigenvalue weighted by atomic mass is 10.2. The monoisotopic (exact) mass is 297 g/mol. The molecule has 1 unspecified atom stereocenters. The fourth-order valence-corrected chi connectivity index (χ4v) is 2.65. The van der Waals surface area contributed by atoms with Crippen LogP contribution in [0.5, 0.6) is 0 Å². The number of pyridine rings is 1. The van der Waals surface area contributed by atoms with E-state index in [1.165, 1.54) is 18.4 Å². The number of likely N-dealkylation sites (N-methyl/N-ethyl adjacent to an activating group) is 1. The molecule has 0 radical (unpaired) electrons. The van der Waals surface area contributed by atoms with Crippen LogP contribution in [0.4, 0.5) is 5.82 Å². The van der Waals surface area contributed by atoms with Gasteiger partial charge in [0.1, 0.15) is 5.82 Å². The van der Waals surface area contributed by atoms with Gasteiger partial charge in [-0.1, -0.05) is 0 Å². The van der Waals surface area contributed by atoms with Crippen molar-refractivity contribution in [3.63, 3.8) is 0 Å². The van der Waals surface area contributed by atoms with Crippen LogP contribution in [0.3, 0.4) is 0 Å². The Morgan fingerprint density at radius 2 is 2.29 bits per heavy atom. The lowest BCUT2D eigenvalue weighted by Crippen LogP contribution is -2.38. The largest absolute Gasteiger partial charge is 0.352 e. The van der Waals surface area contributed by atoms with Crippen molar-refractivity contribution in [1.29, 1.82) is 0 Å². The van der Waals surface area contributed by atoms with E-state index in [9.17, 15) is 0 Å². The van der Waals surface area contributed by atoms with Crippen molar-refractivity contribution in [1.82, 2.24) is 9.88 Å². The first-order valence-corrected chi connectivity index (χ1v) is 6.90. The lowest BCUT2D eigenvalue weighted by Gasteiger charge is -2.28. The van der Waals surface area contributed by atoms with Crippen molar-refractivity contribution in [3.05, 3.63) is 22.3 Å². The van der Waals surface area contributed by atoms with E-state index >= 15 is 0 Å². The number of aromatic nitrogens is 1. The van der Waals surface area contributed by atoms with Gasteiger partial charge in [0.2, 0.25) is 0 Å². The molecule has 1 fully saturated rings. The molecule has 17 heavy (non-hydrogen) atoms. The van der Waals surface area contributed by atoms with Crippen molar-refractivity contribution >= 4 is 21.7 Å². The third-order valence-corrected chi connectivity index (χ3v) is 4.11. The average Bonchev–Trinajstić information content (AvgIpc) is 2.69. The normalized spacial score (nSPS) is 20.3. The first kappa shape index (κ1) is 12.8. The smallest absolute Gasteiger partial charge is 0.129 e. The standard InChI is InChI=1S/C13H20BrN3/c1-10-7-13(15-8-12(10)14)17-6-4-5-11(17)9-16(2)3/h7-8,11H,4-6,9H2,1-3H3. The molecular formula is C13H20BrN3. The number of nitrogens with zero attached hydrogens (tertiary/aromatic N) is 3. The van der Waals surface area contributed by atoms with E-state index < -0.39 is 0 Å². The molecule has 1 saturated heterocycles. The van der Waals surface area contributed by atoms with Crippen LogP contribution in [-0.2, 0) is 0 Å². The van der Waals surface area contributed by atoms with Crippen LogP contribution in [-0.4, -0.2) is 43.1 Å². The third kappa shape index (κ3) is 2.99. The Kier molecular flexibility index (Phi) is 4.05. The van der Waals surface area contributed by atoms with Crippen LogP contribution in [0.25, 0.3) is 0 Å². The first-order chi connectivity index (χ1) is 8.08. The predicted octanol–water partition coefficient (Wildman–Crippen LogP) is 2.68. The summed E-state index contributed by atoms with van der Waals surface area (Å²) >= 11 is 3.50. The predicted molar refractivity (Wildman–Crippen MR) is 75.6 cm³/mol. The van der Waals surface area contributed by atoms with Crippen LogP contribution in [0.1, 0.15) is 18.4 Å². The van der Waals surface area contributed by atoms with Crippen LogP contribution >= 0.6 is 15.9 Å². The Hall–Kier alpha value is -0.610. The van der Waals surface area contributed by atoms with Gasteiger partial charge in [0.25, 0.3) is 0 Å². The van der Waals surface area contributed by atoms with Crippen molar-refractivity contribution in [3.8, 4) is 0 Å². The highest BCUT2D eigenvalue weighted by Crippen LogP contribution is 2.26. The minimum absolute atomic E-state index is 0.609. The van der Waals surface area contributed by atoms with Crippen LogP contribution in [0, 0.1) is 6.92 Å². The van der Waals surface area contributed by atoms with E-state index in [1.54, 1.807) is 0 Å². The summed E-state index contributed by atoms with van der Waals surface area (Å²) in [6, 6.07) is 2.79. The summed E-state index contributed by atoms with van der Waals surface area (Å²) in [5.74, 6) is 1.12. The molecule has 94 valence electrons. The molecule has 2 rings (SSSR count). The molecular weight excluding hydrogens is 278 g/mol. The van der Waals surface area contributed by atoms with E-state index in [1.807, 2.05) is 6.20 Å². The topological polar surface area (TPSA) is 19.4 Å². The summed E-state index contributed by atoms with van der Waals surface area (Å²) in [6.07, 6.45) is 4.46. The molecule has 0 N–H and O–H groups in total. The maximum absolute atomic E-state index is 4.54. The van der Waals surface area contributed by atoms with Crippen molar-refractivity contribution in [2.75, 3.05) is 32.1 Å².